The molecule has 0 saturated heterocycles. The van der Waals surface area contributed by atoms with Crippen LogP contribution in [-0.4, -0.2) is 17.8 Å². The van der Waals surface area contributed by atoms with Crippen molar-refractivity contribution in [2.75, 3.05) is 6.61 Å². The summed E-state index contributed by atoms with van der Waals surface area (Å²) >= 11 is 0. The molecule has 0 heterocycles. The van der Waals surface area contributed by atoms with Gasteiger partial charge >= 0.3 is 0 Å². The van der Waals surface area contributed by atoms with Gasteiger partial charge in [0, 0.05) is 6.61 Å². The second kappa shape index (κ2) is 3.59. The fraction of sp³-hybridized carbons (Fsp3) is 0.750. The third-order valence-electron chi connectivity index (χ3n) is 0.606. The van der Waals surface area contributed by atoms with E-state index in [0.717, 1.165) is 0 Å². The summed E-state index contributed by atoms with van der Waals surface area (Å²) in [5.74, 6) is 0. The molecule has 7 heavy (non-hydrogen) atoms. The highest BCUT2D eigenvalue weighted by atomic mass is 16.3. The van der Waals surface area contributed by atoms with Gasteiger partial charge < -0.3 is 10.8 Å². The van der Waals surface area contributed by atoms with E-state index in [9.17, 15) is 0 Å². The lowest BCUT2D eigenvalue weighted by atomic mass is 10.3. The molecular weight excluding hydrogens is 92.1 g/mol. The fourth-order valence-electron chi connectivity index (χ4n) is 0.204. The SMILES string of the molecule is N#CC(N)CCO. The van der Waals surface area contributed by atoms with Crippen LogP contribution < -0.4 is 5.73 Å². The summed E-state index contributed by atoms with van der Waals surface area (Å²) in [6, 6.07) is 1.29. The molecular formula is C4H8N2O. The van der Waals surface area contributed by atoms with E-state index >= 15 is 0 Å². The molecule has 3 N–H and O–H groups in total. The van der Waals surface area contributed by atoms with Crippen LogP contribution in [0.2, 0.25) is 0 Å². The zero-order chi connectivity index (χ0) is 5.70. The Morgan fingerprint density at radius 2 is 2.43 bits per heavy atom. The molecule has 1 atom stereocenters. The van der Waals surface area contributed by atoms with Crippen LogP contribution in [0.5, 0.6) is 0 Å². The number of nitrogens with zero attached hydrogens (tertiary/aromatic N) is 1. The molecule has 0 aromatic rings. The van der Waals surface area contributed by atoms with Crippen LogP contribution in [0.1, 0.15) is 6.42 Å². The molecule has 0 aromatic carbocycles. The Balaban J connectivity index is 3.04. The Kier molecular flexibility index (Phi) is 3.29. The standard InChI is InChI=1S/C4H8N2O/c5-3-4(6)1-2-7/h4,7H,1-2,6H2. The maximum absolute atomic E-state index is 8.14. The Labute approximate surface area is 42.4 Å². The van der Waals surface area contributed by atoms with Gasteiger partial charge in [-0.05, 0) is 6.42 Å². The maximum Gasteiger partial charge on any atom is 0.0950 e. The predicted molar refractivity (Wildman–Crippen MR) is 25.3 cm³/mol. The lowest BCUT2D eigenvalue weighted by molar-refractivity contribution is 0.284. The van der Waals surface area contributed by atoms with E-state index in [2.05, 4.69) is 0 Å². The molecule has 0 amide bonds. The first-order valence-electron chi connectivity index (χ1n) is 2.07. The Hall–Kier alpha value is -0.590. The van der Waals surface area contributed by atoms with Gasteiger partial charge in [-0.2, -0.15) is 5.26 Å². The van der Waals surface area contributed by atoms with Gasteiger partial charge in [0.2, 0.25) is 0 Å². The first-order chi connectivity index (χ1) is 3.31. The summed E-state index contributed by atoms with van der Waals surface area (Å²) in [5, 5.41) is 16.1. The van der Waals surface area contributed by atoms with Gasteiger partial charge in [0.25, 0.3) is 0 Å². The van der Waals surface area contributed by atoms with Gasteiger partial charge in [0.15, 0.2) is 0 Å². The Bertz CT molecular complexity index is 76.2. The minimum atomic E-state index is -0.495. The van der Waals surface area contributed by atoms with E-state index in [0.29, 0.717) is 6.42 Å². The third-order valence-corrected chi connectivity index (χ3v) is 0.606. The van der Waals surface area contributed by atoms with E-state index in [1.807, 2.05) is 0 Å². The van der Waals surface area contributed by atoms with Gasteiger partial charge in [-0.25, -0.2) is 0 Å². The Morgan fingerprint density at radius 1 is 1.86 bits per heavy atom. The van der Waals surface area contributed by atoms with Gasteiger partial charge in [-0.1, -0.05) is 0 Å². The summed E-state index contributed by atoms with van der Waals surface area (Å²) in [6.45, 7) is -0.00523. The van der Waals surface area contributed by atoms with Crippen LogP contribution in [-0.2, 0) is 0 Å². The highest BCUT2D eigenvalue weighted by Gasteiger charge is 1.93. The van der Waals surface area contributed by atoms with Crippen LogP contribution in [0.15, 0.2) is 0 Å². The summed E-state index contributed by atoms with van der Waals surface area (Å²) in [6.07, 6.45) is 0.372. The molecule has 40 valence electrons. The van der Waals surface area contributed by atoms with Crippen molar-refractivity contribution in [3.63, 3.8) is 0 Å². The summed E-state index contributed by atoms with van der Waals surface area (Å²) in [5.41, 5.74) is 5.06. The number of nitrogens with two attached hydrogens (primary N) is 1. The summed E-state index contributed by atoms with van der Waals surface area (Å²) in [4.78, 5) is 0. The molecule has 0 aromatic heterocycles. The van der Waals surface area contributed by atoms with Gasteiger partial charge in [-0.15, -0.1) is 0 Å². The number of nitriles is 1. The lowest BCUT2D eigenvalue weighted by Gasteiger charge is -1.93. The molecule has 0 radical (unpaired) electrons. The molecule has 0 fully saturated rings. The quantitative estimate of drug-likeness (QED) is 0.478. The first-order valence-corrected chi connectivity index (χ1v) is 2.07. The minimum absolute atomic E-state index is 0.00523. The molecule has 0 spiro atoms. The third kappa shape index (κ3) is 3.23. The molecule has 0 aliphatic heterocycles. The predicted octanol–water partition coefficient (Wildman–Crippen LogP) is -0.780. The maximum atomic E-state index is 8.14. The molecule has 3 nitrogen and oxygen atoms in total. The van der Waals surface area contributed by atoms with Gasteiger partial charge in [0.05, 0.1) is 12.1 Å². The van der Waals surface area contributed by atoms with Crippen molar-refractivity contribution in [3.8, 4) is 6.07 Å². The van der Waals surface area contributed by atoms with E-state index in [-0.39, 0.29) is 6.61 Å². The molecule has 3 heteroatoms. The minimum Gasteiger partial charge on any atom is -0.396 e. The molecule has 0 saturated carbocycles. The highest BCUT2D eigenvalue weighted by Crippen LogP contribution is 1.79. The summed E-state index contributed by atoms with van der Waals surface area (Å²) in [7, 11) is 0. The number of hydrogen-bond acceptors (Lipinski definition) is 3. The Morgan fingerprint density at radius 3 is 2.57 bits per heavy atom. The van der Waals surface area contributed by atoms with Crippen molar-refractivity contribution in [2.45, 2.75) is 12.5 Å². The highest BCUT2D eigenvalue weighted by molar-refractivity contribution is 4.85. The van der Waals surface area contributed by atoms with Crippen molar-refractivity contribution in [1.29, 1.82) is 5.26 Å². The van der Waals surface area contributed by atoms with Crippen LogP contribution in [0.25, 0.3) is 0 Å². The normalized spacial score (nSPS) is 12.7. The molecule has 1 unspecified atom stereocenters. The van der Waals surface area contributed by atoms with Gasteiger partial charge in [-0.3, -0.25) is 0 Å². The first kappa shape index (κ1) is 6.41. The fourth-order valence-corrected chi connectivity index (χ4v) is 0.204. The molecule has 0 rings (SSSR count). The van der Waals surface area contributed by atoms with E-state index in [1.165, 1.54) is 0 Å². The molecule has 0 aliphatic rings. The average Bonchev–Trinajstić information content (AvgIpc) is 1.68. The smallest absolute Gasteiger partial charge is 0.0950 e. The number of hydrogen-bond donors (Lipinski definition) is 2. The largest absolute Gasteiger partial charge is 0.396 e. The zero-order valence-electron chi connectivity index (χ0n) is 3.96. The zero-order valence-corrected chi connectivity index (χ0v) is 3.96. The lowest BCUT2D eigenvalue weighted by Crippen LogP contribution is -2.18. The van der Waals surface area contributed by atoms with Crippen LogP contribution in [0.4, 0.5) is 0 Å². The summed E-state index contributed by atoms with van der Waals surface area (Å²) < 4.78 is 0. The van der Waals surface area contributed by atoms with Crippen LogP contribution in [0.3, 0.4) is 0 Å². The van der Waals surface area contributed by atoms with E-state index < -0.39 is 6.04 Å². The van der Waals surface area contributed by atoms with Crippen molar-refractivity contribution >= 4 is 0 Å². The second-order valence-corrected chi connectivity index (χ2v) is 1.25. The van der Waals surface area contributed by atoms with Gasteiger partial charge in [0.1, 0.15) is 0 Å². The molecule has 0 bridgehead atoms. The monoisotopic (exact) mass is 100 g/mol. The van der Waals surface area contributed by atoms with Crippen molar-refractivity contribution in [2.24, 2.45) is 5.73 Å². The number of rotatable bonds is 2. The van der Waals surface area contributed by atoms with E-state index in [4.69, 9.17) is 16.1 Å². The topological polar surface area (TPSA) is 70.0 Å². The second-order valence-electron chi connectivity index (χ2n) is 1.25. The average molecular weight is 100 g/mol. The number of aliphatic hydroxyl groups is 1. The van der Waals surface area contributed by atoms with Crippen molar-refractivity contribution in [3.05, 3.63) is 0 Å². The molecule has 0 aliphatic carbocycles. The number of aliphatic hydroxyl groups excluding tert-OH is 1. The van der Waals surface area contributed by atoms with E-state index in [1.54, 1.807) is 6.07 Å². The van der Waals surface area contributed by atoms with Crippen LogP contribution in [0, 0.1) is 11.3 Å². The van der Waals surface area contributed by atoms with Crippen molar-refractivity contribution in [1.82, 2.24) is 0 Å². The van der Waals surface area contributed by atoms with Crippen molar-refractivity contribution < 1.29 is 5.11 Å². The van der Waals surface area contributed by atoms with Crippen LogP contribution >= 0.6 is 0 Å².